The van der Waals surface area contributed by atoms with Gasteiger partial charge in [-0.3, -0.25) is 4.31 Å². The van der Waals surface area contributed by atoms with Crippen molar-refractivity contribution in [1.29, 1.82) is 0 Å². The zero-order valence-electron chi connectivity index (χ0n) is 15.6. The van der Waals surface area contributed by atoms with Gasteiger partial charge in [-0.1, -0.05) is 64.7 Å². The minimum atomic E-state index is -3.38. The van der Waals surface area contributed by atoms with Crippen molar-refractivity contribution in [2.45, 2.75) is 76.0 Å². The molecule has 0 aromatic carbocycles. The normalized spacial score (nSPS) is 15.0. The molecule has 2 aromatic heterocycles. The number of thiophene rings is 2. The summed E-state index contributed by atoms with van der Waals surface area (Å²) in [5.41, 5.74) is 0.876. The molecule has 3 nitrogen and oxygen atoms in total. The van der Waals surface area contributed by atoms with Gasteiger partial charge in [0.2, 0.25) is 0 Å². The molecule has 0 fully saturated rings. The molecule has 0 radical (unpaired) electrons. The fourth-order valence-corrected chi connectivity index (χ4v) is 7.70. The van der Waals surface area contributed by atoms with E-state index >= 15 is 0 Å². The lowest BCUT2D eigenvalue weighted by atomic mass is 10.1. The summed E-state index contributed by atoms with van der Waals surface area (Å²) in [6.45, 7) is 2.85. The maximum absolute atomic E-state index is 13.0. The van der Waals surface area contributed by atoms with Crippen LogP contribution in [0.5, 0.6) is 0 Å². The summed E-state index contributed by atoms with van der Waals surface area (Å²) in [4.78, 5) is 2.51. The molecular weight excluding hydrogens is 382 g/mol. The zero-order chi connectivity index (χ0) is 18.4. The molecule has 1 aliphatic heterocycles. The first-order chi connectivity index (χ1) is 12.7. The van der Waals surface area contributed by atoms with E-state index in [0.717, 1.165) is 28.3 Å². The van der Waals surface area contributed by atoms with Gasteiger partial charge in [-0.15, -0.1) is 22.7 Å². The van der Waals surface area contributed by atoms with Crippen LogP contribution in [0.1, 0.15) is 71.1 Å². The van der Waals surface area contributed by atoms with Crippen molar-refractivity contribution in [3.8, 4) is 9.75 Å². The van der Waals surface area contributed by atoms with Gasteiger partial charge >= 0.3 is 0 Å². The lowest BCUT2D eigenvalue weighted by Gasteiger charge is -2.28. The van der Waals surface area contributed by atoms with Crippen LogP contribution >= 0.6 is 22.7 Å². The van der Waals surface area contributed by atoms with Crippen LogP contribution in [0.3, 0.4) is 0 Å². The number of hydrogen-bond acceptors (Lipinski definition) is 4. The molecule has 0 amide bonds. The maximum Gasteiger partial charge on any atom is 0.265 e. The summed E-state index contributed by atoms with van der Waals surface area (Å²) in [6, 6.07) is 3.71. The van der Waals surface area contributed by atoms with Gasteiger partial charge in [-0.2, -0.15) is 0 Å². The Kier molecular flexibility index (Phi) is 7.18. The van der Waals surface area contributed by atoms with E-state index in [-0.39, 0.29) is 0 Å². The van der Waals surface area contributed by atoms with Crippen molar-refractivity contribution in [2.24, 2.45) is 0 Å². The van der Waals surface area contributed by atoms with E-state index in [1.54, 1.807) is 21.7 Å². The molecule has 3 rings (SSSR count). The quantitative estimate of drug-likeness (QED) is 0.377. The third-order valence-corrected chi connectivity index (χ3v) is 9.00. The molecule has 6 heteroatoms. The molecule has 0 spiro atoms. The van der Waals surface area contributed by atoms with Crippen LogP contribution in [0.15, 0.2) is 27.8 Å². The van der Waals surface area contributed by atoms with Crippen LogP contribution in [-0.4, -0.2) is 15.0 Å². The van der Waals surface area contributed by atoms with Crippen molar-refractivity contribution < 1.29 is 8.42 Å². The SMILES string of the molecule is CCCCCCCCCCCCN1c2ccsc2-c2sccc2S1(=O)=O. The molecule has 0 saturated heterocycles. The first kappa shape index (κ1) is 19.9. The molecule has 0 atom stereocenters. The van der Waals surface area contributed by atoms with E-state index in [2.05, 4.69) is 6.92 Å². The van der Waals surface area contributed by atoms with Gasteiger partial charge in [-0.05, 0) is 29.3 Å². The number of fused-ring (bicyclic) bond motifs is 3. The summed E-state index contributed by atoms with van der Waals surface area (Å²) >= 11 is 3.17. The molecular formula is C20H29NO2S3. The lowest BCUT2D eigenvalue weighted by molar-refractivity contribution is 0.555. The van der Waals surface area contributed by atoms with Crippen LogP contribution < -0.4 is 4.31 Å². The van der Waals surface area contributed by atoms with Gasteiger partial charge in [0.05, 0.1) is 15.4 Å². The zero-order valence-corrected chi connectivity index (χ0v) is 18.0. The third-order valence-electron chi connectivity index (χ3n) is 5.03. The predicted molar refractivity (Wildman–Crippen MR) is 114 cm³/mol. The molecule has 0 bridgehead atoms. The Balaban J connectivity index is 1.46. The van der Waals surface area contributed by atoms with Crippen LogP contribution in [0, 0.1) is 0 Å². The van der Waals surface area contributed by atoms with Gasteiger partial charge in [0.1, 0.15) is 4.90 Å². The predicted octanol–water partition coefficient (Wildman–Crippen LogP) is 6.91. The van der Waals surface area contributed by atoms with Crippen LogP contribution in [0.2, 0.25) is 0 Å². The number of hydrogen-bond donors (Lipinski definition) is 0. The van der Waals surface area contributed by atoms with E-state index in [4.69, 9.17) is 0 Å². The van der Waals surface area contributed by atoms with Crippen molar-refractivity contribution in [3.05, 3.63) is 22.9 Å². The summed E-state index contributed by atoms with van der Waals surface area (Å²) in [7, 11) is -3.38. The fraction of sp³-hybridized carbons (Fsp3) is 0.600. The molecule has 0 unspecified atom stereocenters. The Hall–Kier alpha value is -0.850. The van der Waals surface area contributed by atoms with Crippen LogP contribution in [0.4, 0.5) is 5.69 Å². The van der Waals surface area contributed by atoms with E-state index in [1.165, 1.54) is 62.7 Å². The summed E-state index contributed by atoms with van der Waals surface area (Å²) < 4.78 is 27.5. The number of sulfonamides is 1. The third kappa shape index (κ3) is 4.34. The molecule has 3 heterocycles. The van der Waals surface area contributed by atoms with Gasteiger partial charge in [0.15, 0.2) is 0 Å². The highest BCUT2D eigenvalue weighted by atomic mass is 32.2. The molecule has 0 saturated carbocycles. The molecule has 26 heavy (non-hydrogen) atoms. The van der Waals surface area contributed by atoms with E-state index < -0.39 is 10.0 Å². The maximum atomic E-state index is 13.0. The van der Waals surface area contributed by atoms with Crippen molar-refractivity contribution in [2.75, 3.05) is 10.8 Å². The Morgan fingerprint density at radius 2 is 1.38 bits per heavy atom. The van der Waals surface area contributed by atoms with Gasteiger partial charge < -0.3 is 0 Å². The number of rotatable bonds is 11. The van der Waals surface area contributed by atoms with E-state index in [0.29, 0.717) is 11.4 Å². The summed E-state index contributed by atoms with van der Waals surface area (Å²) in [5, 5.41) is 3.89. The second kappa shape index (κ2) is 9.38. The Labute approximate surface area is 166 Å². The average Bonchev–Trinajstić information content (AvgIpc) is 3.28. The highest BCUT2D eigenvalue weighted by molar-refractivity contribution is 7.93. The molecule has 0 aliphatic carbocycles. The standard InChI is InChI=1S/C20H29NO2S3/c1-2-3-4-5-6-7-8-9-10-11-14-21-17-12-15-24-19(17)20-18(13-16-25-20)26(21,22)23/h12-13,15-16H,2-11,14H2,1H3. The first-order valence-corrected chi connectivity index (χ1v) is 13.0. The largest absolute Gasteiger partial charge is 0.265 e. The highest BCUT2D eigenvalue weighted by Gasteiger charge is 2.36. The number of anilines is 1. The Bertz CT molecular complexity index is 792. The second-order valence-corrected chi connectivity index (χ2v) is 10.7. The van der Waals surface area contributed by atoms with E-state index in [1.807, 2.05) is 16.8 Å². The Morgan fingerprint density at radius 1 is 0.808 bits per heavy atom. The fourth-order valence-electron chi connectivity index (χ4n) is 3.57. The van der Waals surface area contributed by atoms with Crippen molar-refractivity contribution in [1.82, 2.24) is 0 Å². The summed E-state index contributed by atoms with van der Waals surface area (Å²) in [5.74, 6) is 0. The minimum absolute atomic E-state index is 0.490. The smallest absolute Gasteiger partial charge is 0.265 e. The number of nitrogens with zero attached hydrogens (tertiary/aromatic N) is 1. The lowest BCUT2D eigenvalue weighted by Crippen LogP contribution is -2.34. The molecule has 2 aromatic rings. The monoisotopic (exact) mass is 411 g/mol. The van der Waals surface area contributed by atoms with Crippen LogP contribution in [0.25, 0.3) is 9.75 Å². The first-order valence-electron chi connectivity index (χ1n) is 9.84. The van der Waals surface area contributed by atoms with Crippen molar-refractivity contribution in [3.63, 3.8) is 0 Å². The van der Waals surface area contributed by atoms with E-state index in [9.17, 15) is 8.42 Å². The average molecular weight is 412 g/mol. The van der Waals surface area contributed by atoms with Crippen LogP contribution in [-0.2, 0) is 10.0 Å². The minimum Gasteiger partial charge on any atom is -0.265 e. The second-order valence-electron chi connectivity index (χ2n) is 7.01. The molecule has 144 valence electrons. The highest BCUT2D eigenvalue weighted by Crippen LogP contribution is 2.48. The Morgan fingerprint density at radius 3 is 2.08 bits per heavy atom. The van der Waals surface area contributed by atoms with Gasteiger partial charge in [0, 0.05) is 6.54 Å². The number of unbranched alkanes of at least 4 members (excludes halogenated alkanes) is 9. The molecule has 0 N–H and O–H groups in total. The van der Waals surface area contributed by atoms with Crippen molar-refractivity contribution >= 4 is 38.4 Å². The summed E-state index contributed by atoms with van der Waals surface area (Å²) in [6.07, 6.45) is 12.6. The molecule has 1 aliphatic rings. The van der Waals surface area contributed by atoms with Gasteiger partial charge in [-0.25, -0.2) is 8.42 Å². The topological polar surface area (TPSA) is 37.4 Å². The van der Waals surface area contributed by atoms with Gasteiger partial charge in [0.25, 0.3) is 10.0 Å².